The summed E-state index contributed by atoms with van der Waals surface area (Å²) in [5.41, 5.74) is 2.09. The molecule has 1 N–H and O–H groups in total. The lowest BCUT2D eigenvalue weighted by Crippen LogP contribution is -2.30. The second-order valence-corrected chi connectivity index (χ2v) is 9.49. The quantitative estimate of drug-likeness (QED) is 0.302. The zero-order valence-corrected chi connectivity index (χ0v) is 19.8. The number of hydrogen-bond acceptors (Lipinski definition) is 5. The van der Waals surface area contributed by atoms with Gasteiger partial charge in [0.15, 0.2) is 16.7 Å². The van der Waals surface area contributed by atoms with Crippen LogP contribution < -0.4 is 4.90 Å². The second kappa shape index (κ2) is 9.06. The van der Waals surface area contributed by atoms with Crippen LogP contribution in [0.15, 0.2) is 90.2 Å². The zero-order chi connectivity index (χ0) is 23.8. The predicted molar refractivity (Wildman–Crippen MR) is 136 cm³/mol. The fourth-order valence-corrected chi connectivity index (χ4v) is 5.22. The van der Waals surface area contributed by atoms with Gasteiger partial charge in [-0.05, 0) is 47.5 Å². The van der Waals surface area contributed by atoms with Gasteiger partial charge in [0.1, 0.15) is 0 Å². The Morgan fingerprint density at radius 1 is 1.00 bits per heavy atom. The van der Waals surface area contributed by atoms with Crippen molar-refractivity contribution in [3.63, 3.8) is 0 Å². The fraction of sp³-hybridized carbons (Fsp3) is 0.0385. The minimum absolute atomic E-state index is 0.0169. The first kappa shape index (κ1) is 22.3. The van der Waals surface area contributed by atoms with Gasteiger partial charge in [0.05, 0.1) is 21.8 Å². The molecule has 0 radical (unpaired) electrons. The van der Waals surface area contributed by atoms with E-state index in [-0.39, 0.29) is 5.57 Å². The molecule has 1 atom stereocenters. The van der Waals surface area contributed by atoms with E-state index in [1.807, 2.05) is 30.3 Å². The molecular weight excluding hydrogens is 491 g/mol. The summed E-state index contributed by atoms with van der Waals surface area (Å²) in [6, 6.07) is 20.5. The molecule has 0 saturated heterocycles. The average molecular weight is 507 g/mol. The first-order valence-corrected chi connectivity index (χ1v) is 11.9. The Kier molecular flexibility index (Phi) is 5.96. The summed E-state index contributed by atoms with van der Waals surface area (Å²) in [7, 11) is 0. The number of allylic oxidation sites excluding steroid dienone is 1. The van der Waals surface area contributed by atoms with Crippen molar-refractivity contribution in [3.8, 4) is 0 Å². The van der Waals surface area contributed by atoms with Crippen molar-refractivity contribution in [2.75, 3.05) is 4.90 Å². The number of aromatic nitrogens is 1. The Hall–Kier alpha value is -3.45. The molecule has 0 saturated carbocycles. The maximum Gasteiger partial charge on any atom is 0.296 e. The van der Waals surface area contributed by atoms with Crippen LogP contribution >= 0.6 is 34.5 Å². The topological polar surface area (TPSA) is 70.5 Å². The molecule has 1 amide bonds. The van der Waals surface area contributed by atoms with E-state index in [0.717, 1.165) is 10.3 Å². The number of rotatable bonds is 5. The van der Waals surface area contributed by atoms with Gasteiger partial charge in [0.25, 0.3) is 5.91 Å². The average Bonchev–Trinajstić information content (AvgIpc) is 3.36. The summed E-state index contributed by atoms with van der Waals surface area (Å²) in [6.07, 6.45) is 3.01. The van der Waals surface area contributed by atoms with Crippen LogP contribution in [0.4, 0.5) is 5.13 Å². The standard InChI is InChI=1S/C26H16Cl2N2O3S/c27-17-9-7-16(8-10-17)23-22(20(31)13-6-15-4-2-1-3-5-15)24(32)25(33)30(23)26-29-19-12-11-18(28)14-21(19)34-26/h1-14,23,32H. The van der Waals surface area contributed by atoms with Crippen LogP contribution in [0, 0.1) is 0 Å². The van der Waals surface area contributed by atoms with Gasteiger partial charge in [-0.25, -0.2) is 4.98 Å². The SMILES string of the molecule is O=C(C=Cc1ccccc1)C1=C(O)C(=O)N(c2nc3ccc(Cl)cc3s2)C1c1ccc(Cl)cc1. The van der Waals surface area contributed by atoms with E-state index in [0.29, 0.717) is 26.3 Å². The molecule has 0 fully saturated rings. The van der Waals surface area contributed by atoms with Gasteiger partial charge in [0.2, 0.25) is 0 Å². The molecule has 8 heteroatoms. The number of fused-ring (bicyclic) bond motifs is 1. The molecule has 4 aromatic rings. The maximum atomic E-state index is 13.3. The molecule has 1 unspecified atom stereocenters. The van der Waals surface area contributed by atoms with E-state index in [4.69, 9.17) is 23.2 Å². The van der Waals surface area contributed by atoms with Crippen LogP contribution in [0.5, 0.6) is 0 Å². The number of hydrogen-bond donors (Lipinski definition) is 1. The second-order valence-electron chi connectivity index (χ2n) is 7.61. The number of aliphatic hydroxyl groups is 1. The van der Waals surface area contributed by atoms with E-state index < -0.39 is 23.5 Å². The van der Waals surface area contributed by atoms with Gasteiger partial charge >= 0.3 is 0 Å². The lowest BCUT2D eigenvalue weighted by Gasteiger charge is -2.24. The molecule has 0 aliphatic carbocycles. The van der Waals surface area contributed by atoms with Gasteiger partial charge in [-0.2, -0.15) is 0 Å². The van der Waals surface area contributed by atoms with Gasteiger partial charge in [-0.3, -0.25) is 14.5 Å². The number of carbonyl (C=O) groups is 2. The van der Waals surface area contributed by atoms with Crippen molar-refractivity contribution in [1.29, 1.82) is 0 Å². The number of aliphatic hydroxyl groups excluding tert-OH is 1. The molecule has 168 valence electrons. The fourth-order valence-electron chi connectivity index (χ4n) is 3.83. The Bertz CT molecular complexity index is 1480. The predicted octanol–water partition coefficient (Wildman–Crippen LogP) is 6.79. The van der Waals surface area contributed by atoms with Crippen LogP contribution in [-0.2, 0) is 9.59 Å². The highest BCUT2D eigenvalue weighted by Crippen LogP contribution is 2.44. The van der Waals surface area contributed by atoms with Crippen molar-refractivity contribution in [2.24, 2.45) is 0 Å². The molecule has 3 aromatic carbocycles. The molecule has 0 spiro atoms. The summed E-state index contributed by atoms with van der Waals surface area (Å²) in [5.74, 6) is -1.76. The number of carbonyl (C=O) groups excluding carboxylic acids is 2. The van der Waals surface area contributed by atoms with Crippen molar-refractivity contribution >= 4 is 67.7 Å². The van der Waals surface area contributed by atoms with Gasteiger partial charge in [-0.15, -0.1) is 0 Å². The molecule has 0 bridgehead atoms. The minimum atomic E-state index is -0.867. The molecule has 34 heavy (non-hydrogen) atoms. The summed E-state index contributed by atoms with van der Waals surface area (Å²) in [5, 5.41) is 12.2. The Morgan fingerprint density at radius 3 is 2.44 bits per heavy atom. The van der Waals surface area contributed by atoms with E-state index in [1.54, 1.807) is 48.5 Å². The number of amides is 1. The number of benzene rings is 3. The van der Waals surface area contributed by atoms with Crippen molar-refractivity contribution in [1.82, 2.24) is 4.98 Å². The van der Waals surface area contributed by atoms with Crippen molar-refractivity contribution in [3.05, 3.63) is 111 Å². The smallest absolute Gasteiger partial charge is 0.296 e. The molecule has 5 nitrogen and oxygen atoms in total. The van der Waals surface area contributed by atoms with Gasteiger partial charge in [-0.1, -0.05) is 83.1 Å². The number of nitrogens with zero attached hydrogens (tertiary/aromatic N) is 2. The summed E-state index contributed by atoms with van der Waals surface area (Å²) in [4.78, 5) is 32.4. The Labute approximate surface area is 209 Å². The zero-order valence-electron chi connectivity index (χ0n) is 17.5. The van der Waals surface area contributed by atoms with Crippen LogP contribution in [0.1, 0.15) is 17.2 Å². The van der Waals surface area contributed by atoms with E-state index in [9.17, 15) is 14.7 Å². The lowest BCUT2D eigenvalue weighted by molar-refractivity contribution is -0.117. The van der Waals surface area contributed by atoms with Gasteiger partial charge in [0, 0.05) is 10.0 Å². The lowest BCUT2D eigenvalue weighted by atomic mass is 9.96. The van der Waals surface area contributed by atoms with Crippen LogP contribution in [0.2, 0.25) is 10.0 Å². The Balaban J connectivity index is 1.60. The highest BCUT2D eigenvalue weighted by molar-refractivity contribution is 7.22. The first-order chi connectivity index (χ1) is 16.4. The van der Waals surface area contributed by atoms with E-state index in [2.05, 4.69) is 4.98 Å². The third-order valence-corrected chi connectivity index (χ3v) is 6.94. The normalized spacial score (nSPS) is 16.2. The van der Waals surface area contributed by atoms with Gasteiger partial charge < -0.3 is 5.11 Å². The highest BCUT2D eigenvalue weighted by Gasteiger charge is 2.45. The van der Waals surface area contributed by atoms with E-state index in [1.165, 1.54) is 22.3 Å². The van der Waals surface area contributed by atoms with Crippen LogP contribution in [0.3, 0.4) is 0 Å². The third-order valence-electron chi connectivity index (χ3n) is 5.43. The number of ketones is 1. The third kappa shape index (κ3) is 4.12. The largest absolute Gasteiger partial charge is 0.503 e. The number of halogens is 2. The maximum absolute atomic E-state index is 13.3. The molecule has 1 aliphatic heterocycles. The number of anilines is 1. The highest BCUT2D eigenvalue weighted by atomic mass is 35.5. The monoisotopic (exact) mass is 506 g/mol. The molecule has 2 heterocycles. The summed E-state index contributed by atoms with van der Waals surface area (Å²) >= 11 is 13.4. The van der Waals surface area contributed by atoms with Crippen molar-refractivity contribution < 1.29 is 14.7 Å². The summed E-state index contributed by atoms with van der Waals surface area (Å²) in [6.45, 7) is 0. The summed E-state index contributed by atoms with van der Waals surface area (Å²) < 4.78 is 0.786. The molecule has 1 aromatic heterocycles. The molecule has 5 rings (SSSR count). The minimum Gasteiger partial charge on any atom is -0.503 e. The van der Waals surface area contributed by atoms with E-state index >= 15 is 0 Å². The first-order valence-electron chi connectivity index (χ1n) is 10.3. The molecular formula is C26H16Cl2N2O3S. The van der Waals surface area contributed by atoms with Crippen molar-refractivity contribution in [2.45, 2.75) is 6.04 Å². The van der Waals surface area contributed by atoms with Crippen LogP contribution in [-0.4, -0.2) is 21.8 Å². The van der Waals surface area contributed by atoms with Crippen LogP contribution in [0.25, 0.3) is 16.3 Å². The molecule has 1 aliphatic rings. The number of thiazole rings is 1. The Morgan fingerprint density at radius 2 is 1.71 bits per heavy atom.